The zero-order chi connectivity index (χ0) is 22.5. The number of carbonyl (C=O) groups excluding carboxylic acids is 1. The van der Waals surface area contributed by atoms with Crippen molar-refractivity contribution < 1.29 is 29.2 Å². The summed E-state index contributed by atoms with van der Waals surface area (Å²) in [6, 6.07) is 0. The van der Waals surface area contributed by atoms with E-state index >= 15 is 0 Å². The van der Waals surface area contributed by atoms with Crippen molar-refractivity contribution in [3.05, 3.63) is 12.7 Å². The summed E-state index contributed by atoms with van der Waals surface area (Å²) in [5.74, 6) is -0.676. The molecule has 2 aromatic heterocycles. The summed E-state index contributed by atoms with van der Waals surface area (Å²) < 4.78 is 17.3. The van der Waals surface area contributed by atoms with Gasteiger partial charge in [-0.25, -0.2) is 19.7 Å². The van der Waals surface area contributed by atoms with Crippen LogP contribution in [0.5, 0.6) is 0 Å². The molecule has 1 fully saturated rings. The molecule has 168 valence electrons. The molecule has 2 atom stereocenters. The first kappa shape index (κ1) is 23.9. The van der Waals surface area contributed by atoms with Gasteiger partial charge in [0.2, 0.25) is 0 Å². The number of hydrogen-bond acceptors (Lipinski definition) is 9. The maximum atomic E-state index is 11.9. The van der Waals surface area contributed by atoms with Crippen LogP contribution in [0.15, 0.2) is 12.7 Å². The van der Waals surface area contributed by atoms with Gasteiger partial charge in [0, 0.05) is 7.11 Å². The number of rotatable bonds is 4. The summed E-state index contributed by atoms with van der Waals surface area (Å²) in [7, 11) is 1.46. The highest BCUT2D eigenvalue weighted by Crippen LogP contribution is 2.31. The number of imidazole rings is 1. The Hall–Kier alpha value is -2.34. The number of aliphatic hydroxyl groups is 2. The molecule has 1 aliphatic rings. The lowest BCUT2D eigenvalue weighted by Crippen LogP contribution is -2.27. The van der Waals surface area contributed by atoms with Crippen molar-refractivity contribution in [2.75, 3.05) is 19.0 Å². The second-order valence-corrected chi connectivity index (χ2v) is 8.30. The monoisotopic (exact) mass is 425 g/mol. The Kier molecular flexibility index (Phi) is 7.70. The predicted molar refractivity (Wildman–Crippen MR) is 109 cm³/mol. The van der Waals surface area contributed by atoms with E-state index in [9.17, 15) is 9.90 Å². The molecule has 1 saturated heterocycles. The minimum atomic E-state index is -0.958. The topological polar surface area (TPSA) is 141 Å². The number of ether oxygens (including phenoxy) is 3. The number of aliphatic hydroxyl groups excluding tert-OH is 1. The van der Waals surface area contributed by atoms with Crippen LogP contribution in [0.4, 0.5) is 10.6 Å². The van der Waals surface area contributed by atoms with Crippen LogP contribution >= 0.6 is 0 Å². The first-order valence-electron chi connectivity index (χ1n) is 9.65. The number of hydrogen-bond donors (Lipinski definition) is 3. The van der Waals surface area contributed by atoms with Gasteiger partial charge in [-0.15, -0.1) is 0 Å². The molecule has 1 aliphatic heterocycles. The lowest BCUT2D eigenvalue weighted by molar-refractivity contribution is -0.155. The van der Waals surface area contributed by atoms with Crippen LogP contribution in [0, 0.1) is 0 Å². The van der Waals surface area contributed by atoms with Gasteiger partial charge in [0.05, 0.1) is 19.0 Å². The molecule has 3 N–H and O–H groups in total. The van der Waals surface area contributed by atoms with E-state index < -0.39 is 17.5 Å². The first-order chi connectivity index (χ1) is 13.9. The Bertz CT molecular complexity index is 842. The average molecular weight is 425 g/mol. The zero-order valence-corrected chi connectivity index (χ0v) is 18.2. The maximum absolute atomic E-state index is 11.9. The Morgan fingerprint density at radius 2 is 1.93 bits per heavy atom. The fourth-order valence-corrected chi connectivity index (χ4v) is 2.58. The van der Waals surface area contributed by atoms with Crippen LogP contribution in [-0.4, -0.2) is 67.0 Å². The molecule has 0 saturated carbocycles. The number of methoxy groups -OCH3 is 1. The third-order valence-corrected chi connectivity index (χ3v) is 4.08. The fourth-order valence-electron chi connectivity index (χ4n) is 2.58. The van der Waals surface area contributed by atoms with E-state index in [1.54, 1.807) is 45.5 Å². The van der Waals surface area contributed by atoms with Crippen LogP contribution in [0.25, 0.3) is 11.2 Å². The molecule has 0 aromatic carbocycles. The standard InChI is InChI=1S/C15H21N5O4.C4H10O2/c1-15(2,3)24-14(22)19-12-11-13(17-7-16-12)20(8-18-11)10-5-4-9(6-21)23-10;1-4(2,5)6-3/h7-10,21H,4-6H2,1-3H3,(H,16,17,19,22);5H,1-3H3. The van der Waals surface area contributed by atoms with Gasteiger partial charge in [-0.2, -0.15) is 0 Å². The lowest BCUT2D eigenvalue weighted by atomic mass is 10.2. The minimum Gasteiger partial charge on any atom is -0.444 e. The normalized spacial score (nSPS) is 19.3. The van der Waals surface area contributed by atoms with Gasteiger partial charge in [-0.3, -0.25) is 9.88 Å². The Morgan fingerprint density at radius 3 is 2.47 bits per heavy atom. The second-order valence-electron chi connectivity index (χ2n) is 8.30. The van der Waals surface area contributed by atoms with Crippen molar-refractivity contribution in [2.45, 2.75) is 71.2 Å². The van der Waals surface area contributed by atoms with E-state index in [0.29, 0.717) is 11.2 Å². The largest absolute Gasteiger partial charge is 0.444 e. The summed E-state index contributed by atoms with van der Waals surface area (Å²) in [5.41, 5.74) is 0.408. The van der Waals surface area contributed by atoms with Crippen LogP contribution in [-0.2, 0) is 14.2 Å². The van der Waals surface area contributed by atoms with Crippen molar-refractivity contribution in [2.24, 2.45) is 0 Å². The van der Waals surface area contributed by atoms with Crippen molar-refractivity contribution in [3.8, 4) is 0 Å². The Balaban J connectivity index is 0.000000469. The van der Waals surface area contributed by atoms with E-state index in [0.717, 1.165) is 12.8 Å². The molecule has 11 heteroatoms. The fraction of sp³-hybridized carbons (Fsp3) is 0.684. The van der Waals surface area contributed by atoms with Crippen LogP contribution in [0.2, 0.25) is 0 Å². The van der Waals surface area contributed by atoms with Gasteiger partial charge in [-0.05, 0) is 47.5 Å². The van der Waals surface area contributed by atoms with Crippen molar-refractivity contribution in [1.82, 2.24) is 19.5 Å². The maximum Gasteiger partial charge on any atom is 0.413 e. The van der Waals surface area contributed by atoms with Crippen molar-refractivity contribution >= 4 is 23.1 Å². The van der Waals surface area contributed by atoms with E-state index in [-0.39, 0.29) is 24.8 Å². The number of amides is 1. The number of fused-ring (bicyclic) bond motifs is 1. The molecule has 0 aliphatic carbocycles. The van der Waals surface area contributed by atoms with Crippen LogP contribution < -0.4 is 5.32 Å². The van der Waals surface area contributed by atoms with Gasteiger partial charge in [0.25, 0.3) is 0 Å². The van der Waals surface area contributed by atoms with E-state index in [1.807, 2.05) is 0 Å². The summed E-state index contributed by atoms with van der Waals surface area (Å²) in [5, 5.41) is 20.4. The highest BCUT2D eigenvalue weighted by molar-refractivity contribution is 5.93. The van der Waals surface area contributed by atoms with E-state index in [1.165, 1.54) is 13.4 Å². The molecule has 0 bridgehead atoms. The molecule has 3 heterocycles. The number of anilines is 1. The van der Waals surface area contributed by atoms with Gasteiger partial charge < -0.3 is 24.4 Å². The molecule has 11 nitrogen and oxygen atoms in total. The van der Waals surface area contributed by atoms with E-state index in [4.69, 9.17) is 14.6 Å². The Labute approximate surface area is 175 Å². The SMILES string of the molecule is CC(C)(C)OC(=O)Nc1ncnc2c1ncn2C1CCC(CO)O1.COC(C)(C)O. The number of nitrogens with zero attached hydrogens (tertiary/aromatic N) is 4. The van der Waals surface area contributed by atoms with Crippen LogP contribution in [0.3, 0.4) is 0 Å². The van der Waals surface area contributed by atoms with Gasteiger partial charge in [0.15, 0.2) is 22.8 Å². The first-order valence-corrected chi connectivity index (χ1v) is 9.65. The van der Waals surface area contributed by atoms with Gasteiger partial charge in [0.1, 0.15) is 18.2 Å². The molecule has 30 heavy (non-hydrogen) atoms. The third-order valence-electron chi connectivity index (χ3n) is 4.08. The minimum absolute atomic E-state index is 0.0104. The van der Waals surface area contributed by atoms with Gasteiger partial charge >= 0.3 is 6.09 Å². The van der Waals surface area contributed by atoms with Gasteiger partial charge in [-0.1, -0.05) is 0 Å². The van der Waals surface area contributed by atoms with E-state index in [2.05, 4.69) is 25.0 Å². The van der Waals surface area contributed by atoms with Crippen molar-refractivity contribution in [3.63, 3.8) is 0 Å². The molecular formula is C19H31N5O6. The molecule has 1 amide bonds. The molecule has 3 rings (SSSR count). The number of aromatic nitrogens is 4. The van der Waals surface area contributed by atoms with Crippen LogP contribution in [0.1, 0.15) is 53.7 Å². The highest BCUT2D eigenvalue weighted by atomic mass is 16.6. The quantitative estimate of drug-likeness (QED) is 0.629. The summed E-state index contributed by atoms with van der Waals surface area (Å²) in [6.45, 7) is 8.49. The predicted octanol–water partition coefficient (Wildman–Crippen LogP) is 2.20. The molecular weight excluding hydrogens is 394 g/mol. The van der Waals surface area contributed by atoms with Crippen molar-refractivity contribution in [1.29, 1.82) is 0 Å². The lowest BCUT2D eigenvalue weighted by Gasteiger charge is -2.19. The second kappa shape index (κ2) is 9.65. The Morgan fingerprint density at radius 1 is 1.27 bits per heavy atom. The third kappa shape index (κ3) is 6.87. The molecule has 0 radical (unpaired) electrons. The average Bonchev–Trinajstić information content (AvgIpc) is 3.27. The summed E-state index contributed by atoms with van der Waals surface area (Å²) in [6.07, 6.45) is 3.47. The smallest absolute Gasteiger partial charge is 0.413 e. The summed E-state index contributed by atoms with van der Waals surface area (Å²) in [4.78, 5) is 24.5. The molecule has 0 spiro atoms. The number of nitrogens with one attached hydrogen (secondary N) is 1. The zero-order valence-electron chi connectivity index (χ0n) is 18.2. The summed E-state index contributed by atoms with van der Waals surface area (Å²) >= 11 is 0. The number of carbonyl (C=O) groups is 1. The molecule has 2 aromatic rings. The highest BCUT2D eigenvalue weighted by Gasteiger charge is 2.28. The molecule has 2 unspecified atom stereocenters.